The molecule has 0 amide bonds. The van der Waals surface area contributed by atoms with Gasteiger partial charge in [-0.3, -0.25) is 0 Å². The summed E-state index contributed by atoms with van der Waals surface area (Å²) in [4.78, 5) is 18.8. The lowest BCUT2D eigenvalue weighted by Gasteiger charge is -2.25. The van der Waals surface area contributed by atoms with E-state index in [1.54, 1.807) is 6.33 Å². The van der Waals surface area contributed by atoms with Crippen molar-refractivity contribution in [3.05, 3.63) is 72.7 Å². The summed E-state index contributed by atoms with van der Waals surface area (Å²) in [5.74, 6) is 4.24. The maximum absolute atomic E-state index is 6.40. The first kappa shape index (κ1) is 31.1. The normalized spacial score (nSPS) is 15.2. The van der Waals surface area contributed by atoms with Gasteiger partial charge in [0.05, 0.1) is 11.2 Å². The number of nitrogens with one attached hydrogen (secondary N) is 2. The lowest BCUT2D eigenvalue weighted by molar-refractivity contribution is 0.477. The van der Waals surface area contributed by atoms with Crippen molar-refractivity contribution in [2.45, 2.75) is 66.2 Å². The number of unbranched alkanes of at least 4 members (excludes halogenated alkanes) is 2. The van der Waals surface area contributed by atoms with Crippen LogP contribution in [0.25, 0.3) is 11.0 Å². The van der Waals surface area contributed by atoms with Crippen molar-refractivity contribution in [1.82, 2.24) is 15.0 Å². The molecular formula is C36H47N7O. The number of aromatic nitrogens is 3. The number of fused-ring (bicyclic) bond motifs is 2. The summed E-state index contributed by atoms with van der Waals surface area (Å²) in [6.45, 7) is 17.9. The molecule has 2 N–H and O–H groups in total. The summed E-state index contributed by atoms with van der Waals surface area (Å²) in [6, 6.07) is 14.5. The van der Waals surface area contributed by atoms with Crippen LogP contribution in [0.2, 0.25) is 0 Å². The van der Waals surface area contributed by atoms with Crippen molar-refractivity contribution in [2.24, 2.45) is 5.92 Å². The molecule has 2 atom stereocenters. The molecule has 44 heavy (non-hydrogen) atoms. The Hall–Kier alpha value is -4.33. The van der Waals surface area contributed by atoms with Gasteiger partial charge in [-0.2, -0.15) is 0 Å². The van der Waals surface area contributed by atoms with Gasteiger partial charge in [0.2, 0.25) is 0 Å². The monoisotopic (exact) mass is 593 g/mol. The number of nitrogens with zero attached hydrogens (tertiary/aromatic N) is 5. The molecule has 232 valence electrons. The summed E-state index contributed by atoms with van der Waals surface area (Å²) >= 11 is 0. The molecule has 5 rings (SSSR count). The van der Waals surface area contributed by atoms with E-state index in [0.717, 1.165) is 83.5 Å². The van der Waals surface area contributed by atoms with E-state index in [1.165, 1.54) is 18.4 Å². The molecule has 8 heteroatoms. The maximum atomic E-state index is 6.40. The highest BCUT2D eigenvalue weighted by atomic mass is 16.5. The van der Waals surface area contributed by atoms with Crippen LogP contribution < -0.4 is 25.2 Å². The number of aryl methyl sites for hydroxylation is 1. The fraction of sp³-hybridized carbons (Fsp3) is 0.417. The second kappa shape index (κ2) is 14.0. The van der Waals surface area contributed by atoms with Crippen molar-refractivity contribution in [1.29, 1.82) is 0 Å². The van der Waals surface area contributed by atoms with Gasteiger partial charge >= 0.3 is 0 Å². The first-order chi connectivity index (χ1) is 21.3. The van der Waals surface area contributed by atoms with Crippen LogP contribution in [-0.2, 0) is 0 Å². The average Bonchev–Trinajstić information content (AvgIpc) is 3.18. The van der Waals surface area contributed by atoms with E-state index in [4.69, 9.17) is 9.72 Å². The van der Waals surface area contributed by atoms with Crippen LogP contribution in [0.4, 0.5) is 28.7 Å². The highest BCUT2D eigenvalue weighted by molar-refractivity contribution is 5.92. The molecule has 0 aliphatic carbocycles. The topological polar surface area (TPSA) is 78.4 Å². The fourth-order valence-corrected chi connectivity index (χ4v) is 5.74. The lowest BCUT2D eigenvalue weighted by atomic mass is 9.96. The Morgan fingerprint density at radius 1 is 1.16 bits per heavy atom. The number of hydrogen-bond acceptors (Lipinski definition) is 8. The summed E-state index contributed by atoms with van der Waals surface area (Å²) in [6.07, 6.45) is 8.05. The first-order valence-electron chi connectivity index (χ1n) is 16.0. The Labute approximate surface area is 262 Å². The number of ether oxygens (including phenoxy) is 1. The molecule has 0 saturated carbocycles. The third kappa shape index (κ3) is 6.90. The Balaban J connectivity index is 1.40. The molecule has 4 aromatic rings. The zero-order valence-electron chi connectivity index (χ0n) is 27.2. The minimum Gasteiger partial charge on any atom is -0.457 e. The van der Waals surface area contributed by atoms with Crippen molar-refractivity contribution >= 4 is 39.7 Å². The van der Waals surface area contributed by atoms with Crippen LogP contribution in [0.15, 0.2) is 61.6 Å². The molecule has 0 saturated heterocycles. The second-order valence-electron chi connectivity index (χ2n) is 12.1. The van der Waals surface area contributed by atoms with Gasteiger partial charge < -0.3 is 25.2 Å². The molecule has 2 unspecified atom stereocenters. The van der Waals surface area contributed by atoms with Crippen molar-refractivity contribution < 1.29 is 4.74 Å². The Bertz CT molecular complexity index is 1600. The minimum atomic E-state index is 0.400. The first-order valence-corrected chi connectivity index (χ1v) is 16.0. The average molecular weight is 594 g/mol. The van der Waals surface area contributed by atoms with E-state index in [1.807, 2.05) is 31.4 Å². The third-order valence-electron chi connectivity index (χ3n) is 8.56. The SMILES string of the molecule is C=CN(C)c1ccc(Oc2ccc(Nc3ncnc4cc5c(nc34)N(CCCCC)CC(C)CN5)cc2C)cc1C(C)CC. The number of anilines is 5. The molecule has 3 heterocycles. The van der Waals surface area contributed by atoms with Gasteiger partial charge in [-0.25, -0.2) is 15.0 Å². The fourth-order valence-electron chi connectivity index (χ4n) is 5.74. The van der Waals surface area contributed by atoms with Gasteiger partial charge in [-0.1, -0.05) is 47.1 Å². The predicted octanol–water partition coefficient (Wildman–Crippen LogP) is 9.02. The Morgan fingerprint density at radius 2 is 2.00 bits per heavy atom. The lowest BCUT2D eigenvalue weighted by Crippen LogP contribution is -2.30. The molecule has 0 radical (unpaired) electrons. The molecule has 0 spiro atoms. The smallest absolute Gasteiger partial charge is 0.160 e. The van der Waals surface area contributed by atoms with Crippen LogP contribution in [-0.4, -0.2) is 41.6 Å². The van der Waals surface area contributed by atoms with E-state index >= 15 is 0 Å². The zero-order chi connectivity index (χ0) is 31.2. The summed E-state index contributed by atoms with van der Waals surface area (Å²) in [5.41, 5.74) is 6.96. The van der Waals surface area contributed by atoms with E-state index in [9.17, 15) is 0 Å². The van der Waals surface area contributed by atoms with E-state index < -0.39 is 0 Å². The molecular weight excluding hydrogens is 546 g/mol. The number of rotatable bonds is 12. The van der Waals surface area contributed by atoms with Crippen LogP contribution in [0.1, 0.15) is 70.4 Å². The number of hydrogen-bond donors (Lipinski definition) is 2. The Kier molecular flexibility index (Phi) is 9.88. The summed E-state index contributed by atoms with van der Waals surface area (Å²) < 4.78 is 6.40. The van der Waals surface area contributed by atoms with Crippen molar-refractivity contribution in [3.63, 3.8) is 0 Å². The standard InChI is InChI=1S/C36H47N7O/c1-8-11-12-17-43-22-24(4)21-37-31-20-30-34(41-36(31)43)35(39-23-38-30)40-27-13-16-33(26(6)18-27)44-28-14-15-32(42(7)10-3)29(19-28)25(5)9-2/h10,13-16,18-20,23-25,37H,3,8-9,11-12,17,21-22H2,1-2,4-7H3,(H,38,39,40). The van der Waals surface area contributed by atoms with Gasteiger partial charge in [-0.15, -0.1) is 0 Å². The Morgan fingerprint density at radius 3 is 2.75 bits per heavy atom. The van der Waals surface area contributed by atoms with Gasteiger partial charge in [0.15, 0.2) is 11.6 Å². The number of pyridine rings is 1. The van der Waals surface area contributed by atoms with E-state index in [0.29, 0.717) is 17.7 Å². The van der Waals surface area contributed by atoms with E-state index in [-0.39, 0.29) is 0 Å². The highest BCUT2D eigenvalue weighted by Crippen LogP contribution is 2.37. The highest BCUT2D eigenvalue weighted by Gasteiger charge is 2.22. The summed E-state index contributed by atoms with van der Waals surface area (Å²) in [7, 11) is 2.03. The maximum Gasteiger partial charge on any atom is 0.160 e. The van der Waals surface area contributed by atoms with Gasteiger partial charge in [0.1, 0.15) is 23.3 Å². The van der Waals surface area contributed by atoms with Gasteiger partial charge in [0, 0.05) is 38.1 Å². The van der Waals surface area contributed by atoms with Crippen molar-refractivity contribution in [2.75, 3.05) is 47.1 Å². The molecule has 1 aliphatic rings. The molecule has 0 fully saturated rings. The molecule has 8 nitrogen and oxygen atoms in total. The van der Waals surface area contributed by atoms with Crippen LogP contribution in [0.5, 0.6) is 11.5 Å². The second-order valence-corrected chi connectivity index (χ2v) is 12.1. The molecule has 2 aromatic carbocycles. The van der Waals surface area contributed by atoms with Gasteiger partial charge in [0.25, 0.3) is 0 Å². The van der Waals surface area contributed by atoms with Crippen LogP contribution in [0.3, 0.4) is 0 Å². The summed E-state index contributed by atoms with van der Waals surface area (Å²) in [5, 5.41) is 7.12. The number of benzene rings is 2. The van der Waals surface area contributed by atoms with E-state index in [2.05, 4.69) is 95.9 Å². The predicted molar refractivity (Wildman–Crippen MR) is 185 cm³/mol. The van der Waals surface area contributed by atoms with Crippen molar-refractivity contribution in [3.8, 4) is 11.5 Å². The third-order valence-corrected chi connectivity index (χ3v) is 8.56. The molecule has 2 aromatic heterocycles. The minimum absolute atomic E-state index is 0.400. The molecule has 0 bridgehead atoms. The van der Waals surface area contributed by atoms with Gasteiger partial charge in [-0.05, 0) is 91.4 Å². The zero-order valence-corrected chi connectivity index (χ0v) is 27.2. The van der Waals surface area contributed by atoms with Crippen LogP contribution >= 0.6 is 0 Å². The quantitative estimate of drug-likeness (QED) is 0.158. The largest absolute Gasteiger partial charge is 0.457 e. The molecule has 1 aliphatic heterocycles. The van der Waals surface area contributed by atoms with Crippen LogP contribution in [0, 0.1) is 12.8 Å².